The van der Waals surface area contributed by atoms with E-state index >= 15 is 0 Å². The molecule has 0 bridgehead atoms. The standard InChI is InChI=1S/C14H15BrO/c1-11(12-6-5-7-13(15)10-12)16-14-8-3-2-4-9-14/h3,5-11H,2,4H2,1H3. The zero-order valence-electron chi connectivity index (χ0n) is 9.32. The van der Waals surface area contributed by atoms with E-state index in [0.29, 0.717) is 0 Å². The van der Waals surface area contributed by atoms with E-state index < -0.39 is 0 Å². The van der Waals surface area contributed by atoms with Gasteiger partial charge in [0.05, 0.1) is 0 Å². The second-order valence-electron chi connectivity index (χ2n) is 3.90. The molecule has 0 aromatic heterocycles. The second-order valence-corrected chi connectivity index (χ2v) is 4.82. The summed E-state index contributed by atoms with van der Waals surface area (Å²) in [4.78, 5) is 0. The lowest BCUT2D eigenvalue weighted by atomic mass is 10.1. The van der Waals surface area contributed by atoms with Gasteiger partial charge in [0, 0.05) is 4.47 Å². The van der Waals surface area contributed by atoms with Gasteiger partial charge in [-0.3, -0.25) is 0 Å². The summed E-state index contributed by atoms with van der Waals surface area (Å²) in [6.07, 6.45) is 8.65. The van der Waals surface area contributed by atoms with Crippen LogP contribution in [-0.2, 0) is 4.74 Å². The topological polar surface area (TPSA) is 9.23 Å². The molecule has 1 aromatic rings. The molecule has 1 aliphatic rings. The molecule has 16 heavy (non-hydrogen) atoms. The molecule has 1 nitrogen and oxygen atoms in total. The van der Waals surface area contributed by atoms with Crippen LogP contribution in [0, 0.1) is 0 Å². The van der Waals surface area contributed by atoms with E-state index in [-0.39, 0.29) is 6.10 Å². The Hall–Kier alpha value is -1.02. The molecule has 2 heteroatoms. The Labute approximate surface area is 105 Å². The van der Waals surface area contributed by atoms with Crippen LogP contribution in [0.5, 0.6) is 0 Å². The summed E-state index contributed by atoms with van der Waals surface area (Å²) in [6.45, 7) is 2.07. The third-order valence-corrected chi connectivity index (χ3v) is 3.09. The van der Waals surface area contributed by atoms with Crippen molar-refractivity contribution >= 4 is 15.9 Å². The van der Waals surface area contributed by atoms with E-state index in [1.165, 1.54) is 5.56 Å². The fraction of sp³-hybridized carbons (Fsp3) is 0.286. The first-order valence-corrected chi connectivity index (χ1v) is 6.34. The molecule has 0 N–H and O–H groups in total. The van der Waals surface area contributed by atoms with Crippen molar-refractivity contribution in [3.63, 3.8) is 0 Å². The predicted molar refractivity (Wildman–Crippen MR) is 70.1 cm³/mol. The van der Waals surface area contributed by atoms with Crippen molar-refractivity contribution in [2.24, 2.45) is 0 Å². The molecule has 0 heterocycles. The lowest BCUT2D eigenvalue weighted by molar-refractivity contribution is 0.141. The highest BCUT2D eigenvalue weighted by Gasteiger charge is 2.08. The predicted octanol–water partition coefficient (Wildman–Crippen LogP) is 4.76. The van der Waals surface area contributed by atoms with Gasteiger partial charge in [0.2, 0.25) is 0 Å². The van der Waals surface area contributed by atoms with Gasteiger partial charge in [0.25, 0.3) is 0 Å². The van der Waals surface area contributed by atoms with Crippen LogP contribution in [0.25, 0.3) is 0 Å². The Bertz CT molecular complexity index is 420. The van der Waals surface area contributed by atoms with Crippen molar-refractivity contribution in [3.05, 3.63) is 58.3 Å². The van der Waals surface area contributed by atoms with Crippen LogP contribution < -0.4 is 0 Å². The lowest BCUT2D eigenvalue weighted by Gasteiger charge is -2.17. The fourth-order valence-electron chi connectivity index (χ4n) is 1.71. The molecule has 0 radical (unpaired) electrons. The molecule has 1 aromatic carbocycles. The fourth-order valence-corrected chi connectivity index (χ4v) is 2.13. The van der Waals surface area contributed by atoms with Crippen molar-refractivity contribution in [2.45, 2.75) is 25.9 Å². The van der Waals surface area contributed by atoms with Crippen LogP contribution in [0.2, 0.25) is 0 Å². The summed E-state index contributed by atoms with van der Waals surface area (Å²) in [7, 11) is 0. The lowest BCUT2D eigenvalue weighted by Crippen LogP contribution is -2.00. The Morgan fingerprint density at radius 2 is 2.19 bits per heavy atom. The van der Waals surface area contributed by atoms with Gasteiger partial charge in [-0.25, -0.2) is 0 Å². The number of halogens is 1. The zero-order valence-corrected chi connectivity index (χ0v) is 10.9. The van der Waals surface area contributed by atoms with Gasteiger partial charge in [-0.15, -0.1) is 0 Å². The smallest absolute Gasteiger partial charge is 0.121 e. The highest BCUT2D eigenvalue weighted by molar-refractivity contribution is 9.10. The Kier molecular flexibility index (Phi) is 3.83. The number of benzene rings is 1. The summed E-state index contributed by atoms with van der Waals surface area (Å²) in [5, 5.41) is 0. The number of ether oxygens (including phenoxy) is 1. The molecule has 0 amide bonds. The Morgan fingerprint density at radius 3 is 2.88 bits per heavy atom. The van der Waals surface area contributed by atoms with Gasteiger partial charge in [0.15, 0.2) is 0 Å². The summed E-state index contributed by atoms with van der Waals surface area (Å²) in [6, 6.07) is 8.24. The van der Waals surface area contributed by atoms with E-state index in [1.54, 1.807) is 0 Å². The van der Waals surface area contributed by atoms with E-state index in [4.69, 9.17) is 4.74 Å². The minimum Gasteiger partial charge on any atom is -0.486 e. The van der Waals surface area contributed by atoms with E-state index in [1.807, 2.05) is 12.1 Å². The molecule has 0 spiro atoms. The van der Waals surface area contributed by atoms with Crippen LogP contribution in [0.4, 0.5) is 0 Å². The summed E-state index contributed by atoms with van der Waals surface area (Å²) in [5.74, 6) is 0.985. The van der Waals surface area contributed by atoms with Gasteiger partial charge >= 0.3 is 0 Å². The zero-order chi connectivity index (χ0) is 11.4. The third kappa shape index (κ3) is 2.99. The normalized spacial score (nSPS) is 16.8. The molecule has 0 aliphatic heterocycles. The van der Waals surface area contributed by atoms with Crippen LogP contribution in [-0.4, -0.2) is 0 Å². The third-order valence-electron chi connectivity index (χ3n) is 2.59. The van der Waals surface area contributed by atoms with Crippen LogP contribution in [0.3, 0.4) is 0 Å². The molecule has 0 fully saturated rings. The van der Waals surface area contributed by atoms with Gasteiger partial charge in [-0.2, -0.15) is 0 Å². The molecule has 1 aliphatic carbocycles. The molecule has 0 saturated heterocycles. The van der Waals surface area contributed by atoms with Gasteiger partial charge in [-0.05, 0) is 49.6 Å². The average molecular weight is 279 g/mol. The van der Waals surface area contributed by atoms with Crippen molar-refractivity contribution in [1.82, 2.24) is 0 Å². The first-order valence-electron chi connectivity index (χ1n) is 5.54. The summed E-state index contributed by atoms with van der Waals surface area (Å²) >= 11 is 3.47. The number of hydrogen-bond donors (Lipinski definition) is 0. The number of rotatable bonds is 3. The number of allylic oxidation sites excluding steroid dienone is 3. The molecular formula is C14H15BrO. The van der Waals surface area contributed by atoms with E-state index in [9.17, 15) is 0 Å². The molecular weight excluding hydrogens is 264 g/mol. The van der Waals surface area contributed by atoms with Gasteiger partial charge in [0.1, 0.15) is 11.9 Å². The van der Waals surface area contributed by atoms with E-state index in [2.05, 4.69) is 53.2 Å². The first kappa shape index (κ1) is 11.5. The molecule has 2 rings (SSSR count). The monoisotopic (exact) mass is 278 g/mol. The van der Waals surface area contributed by atoms with Crippen molar-refractivity contribution in [1.29, 1.82) is 0 Å². The van der Waals surface area contributed by atoms with Gasteiger partial charge < -0.3 is 4.74 Å². The van der Waals surface area contributed by atoms with Crippen molar-refractivity contribution in [3.8, 4) is 0 Å². The Balaban J connectivity index is 2.05. The average Bonchev–Trinajstić information content (AvgIpc) is 2.30. The largest absolute Gasteiger partial charge is 0.486 e. The van der Waals surface area contributed by atoms with Gasteiger partial charge in [-0.1, -0.05) is 34.1 Å². The van der Waals surface area contributed by atoms with Crippen molar-refractivity contribution in [2.75, 3.05) is 0 Å². The first-order chi connectivity index (χ1) is 7.75. The quantitative estimate of drug-likeness (QED) is 0.775. The molecule has 1 unspecified atom stereocenters. The van der Waals surface area contributed by atoms with Crippen molar-refractivity contribution < 1.29 is 4.74 Å². The molecule has 1 atom stereocenters. The molecule has 84 valence electrons. The second kappa shape index (κ2) is 5.35. The van der Waals surface area contributed by atoms with Crippen LogP contribution in [0.1, 0.15) is 31.4 Å². The Morgan fingerprint density at radius 1 is 1.31 bits per heavy atom. The minimum atomic E-state index is 0.0894. The summed E-state index contributed by atoms with van der Waals surface area (Å²) < 4.78 is 6.98. The maximum atomic E-state index is 5.89. The summed E-state index contributed by atoms with van der Waals surface area (Å²) in [5.41, 5.74) is 1.19. The van der Waals surface area contributed by atoms with E-state index in [0.717, 1.165) is 23.1 Å². The number of hydrogen-bond acceptors (Lipinski definition) is 1. The maximum absolute atomic E-state index is 5.89. The molecule has 0 saturated carbocycles. The highest BCUT2D eigenvalue weighted by atomic mass is 79.9. The van der Waals surface area contributed by atoms with Crippen LogP contribution in [0.15, 0.2) is 52.7 Å². The maximum Gasteiger partial charge on any atom is 0.121 e. The highest BCUT2D eigenvalue weighted by Crippen LogP contribution is 2.24. The minimum absolute atomic E-state index is 0.0894. The SMILES string of the molecule is CC(OC1=CCCC=C1)c1cccc(Br)c1. The van der Waals surface area contributed by atoms with Crippen LogP contribution >= 0.6 is 15.9 Å².